The Morgan fingerprint density at radius 3 is 2.69 bits per heavy atom. The summed E-state index contributed by atoms with van der Waals surface area (Å²) in [5.74, 6) is 1.65. The molecule has 1 N–H and O–H groups in total. The molecule has 134 valence electrons. The van der Waals surface area contributed by atoms with E-state index in [1.165, 1.54) is 4.68 Å². The first-order chi connectivity index (χ1) is 12.6. The molecule has 0 amide bonds. The number of hydrogen-bond donors (Lipinski definition) is 1. The van der Waals surface area contributed by atoms with Gasteiger partial charge in [-0.3, -0.25) is 0 Å². The van der Waals surface area contributed by atoms with Crippen LogP contribution in [-0.2, 0) is 6.42 Å². The third kappa shape index (κ3) is 3.78. The summed E-state index contributed by atoms with van der Waals surface area (Å²) in [6.45, 7) is 0. The smallest absolute Gasteiger partial charge is 0.364 e. The second-order valence-electron chi connectivity index (χ2n) is 5.38. The average Bonchev–Trinajstić information content (AvgIpc) is 3.01. The van der Waals surface area contributed by atoms with Crippen LogP contribution in [0.5, 0.6) is 11.5 Å². The summed E-state index contributed by atoms with van der Waals surface area (Å²) in [7, 11) is 3.12. The van der Waals surface area contributed by atoms with Crippen molar-refractivity contribution in [2.45, 2.75) is 6.42 Å². The Morgan fingerprint density at radius 1 is 1.19 bits per heavy atom. The maximum Gasteiger partial charge on any atom is 0.364 e. The molecule has 0 saturated carbocycles. The van der Waals surface area contributed by atoms with Crippen LogP contribution in [0.15, 0.2) is 52.4 Å². The van der Waals surface area contributed by atoms with E-state index in [0.717, 1.165) is 11.1 Å². The van der Waals surface area contributed by atoms with E-state index in [2.05, 4.69) is 15.3 Å². The summed E-state index contributed by atoms with van der Waals surface area (Å²) in [5, 5.41) is 11.3. The van der Waals surface area contributed by atoms with E-state index in [4.69, 9.17) is 21.1 Å². The Morgan fingerprint density at radius 2 is 1.96 bits per heavy atom. The van der Waals surface area contributed by atoms with Crippen LogP contribution < -0.4 is 15.2 Å². The van der Waals surface area contributed by atoms with Gasteiger partial charge in [-0.2, -0.15) is 14.9 Å². The van der Waals surface area contributed by atoms with Gasteiger partial charge in [-0.05, 0) is 35.4 Å². The van der Waals surface area contributed by atoms with Gasteiger partial charge < -0.3 is 9.47 Å². The first-order valence-electron chi connectivity index (χ1n) is 7.78. The second-order valence-corrected chi connectivity index (χ2v) is 5.79. The van der Waals surface area contributed by atoms with E-state index in [1.807, 2.05) is 24.3 Å². The van der Waals surface area contributed by atoms with E-state index in [1.54, 1.807) is 38.6 Å². The molecule has 0 aliphatic heterocycles. The summed E-state index contributed by atoms with van der Waals surface area (Å²) in [4.78, 5) is 12.0. The molecule has 3 rings (SSSR count). The van der Waals surface area contributed by atoms with E-state index in [9.17, 15) is 4.79 Å². The molecule has 7 nitrogen and oxygen atoms in total. The summed E-state index contributed by atoms with van der Waals surface area (Å²) >= 11 is 6.18. The quantitative estimate of drug-likeness (QED) is 0.674. The van der Waals surface area contributed by atoms with Gasteiger partial charge in [-0.15, -0.1) is 0 Å². The number of H-pyrrole nitrogens is 1. The highest BCUT2D eigenvalue weighted by atomic mass is 35.5. The van der Waals surface area contributed by atoms with Crippen LogP contribution in [-0.4, -0.2) is 35.3 Å². The fourth-order valence-electron chi connectivity index (χ4n) is 2.43. The minimum atomic E-state index is -0.427. The minimum Gasteiger partial charge on any atom is -0.493 e. The zero-order chi connectivity index (χ0) is 18.5. The van der Waals surface area contributed by atoms with Crippen molar-refractivity contribution in [1.82, 2.24) is 14.9 Å². The van der Waals surface area contributed by atoms with Crippen LogP contribution in [0.3, 0.4) is 0 Å². The summed E-state index contributed by atoms with van der Waals surface area (Å²) in [5.41, 5.74) is 1.18. The van der Waals surface area contributed by atoms with Crippen molar-refractivity contribution in [3.8, 4) is 11.5 Å². The molecule has 0 atom stereocenters. The van der Waals surface area contributed by atoms with Crippen LogP contribution in [0.1, 0.15) is 17.0 Å². The lowest BCUT2D eigenvalue weighted by Crippen LogP contribution is -2.15. The van der Waals surface area contributed by atoms with Crippen molar-refractivity contribution in [2.24, 2.45) is 5.10 Å². The maximum absolute atomic E-state index is 12.0. The van der Waals surface area contributed by atoms with E-state index >= 15 is 0 Å². The monoisotopic (exact) mass is 372 g/mol. The maximum atomic E-state index is 12.0. The lowest BCUT2D eigenvalue weighted by molar-refractivity contribution is 0.355. The fraction of sp³-hybridized carbons (Fsp3) is 0.167. The van der Waals surface area contributed by atoms with E-state index in [-0.39, 0.29) is 0 Å². The number of halogens is 1. The van der Waals surface area contributed by atoms with Gasteiger partial charge in [0.2, 0.25) is 0 Å². The third-order valence-electron chi connectivity index (χ3n) is 3.75. The van der Waals surface area contributed by atoms with Crippen molar-refractivity contribution in [1.29, 1.82) is 0 Å². The summed E-state index contributed by atoms with van der Waals surface area (Å²) in [6, 6.07) is 12.7. The SMILES string of the molecule is COc1ccc(/C=N/n2c(Cc3ccccc3Cl)n[nH]c2=O)cc1OC. The number of nitrogens with zero attached hydrogens (tertiary/aromatic N) is 3. The average molecular weight is 373 g/mol. The van der Waals surface area contributed by atoms with Crippen molar-refractivity contribution < 1.29 is 9.47 Å². The molecule has 26 heavy (non-hydrogen) atoms. The largest absolute Gasteiger partial charge is 0.493 e. The normalized spacial score (nSPS) is 11.0. The van der Waals surface area contributed by atoms with Gasteiger partial charge >= 0.3 is 5.69 Å². The van der Waals surface area contributed by atoms with E-state index < -0.39 is 5.69 Å². The highest BCUT2D eigenvalue weighted by Crippen LogP contribution is 2.26. The van der Waals surface area contributed by atoms with Gasteiger partial charge in [-0.1, -0.05) is 29.8 Å². The fourth-order valence-corrected chi connectivity index (χ4v) is 2.63. The molecular formula is C18H17ClN4O3. The molecule has 0 aliphatic carbocycles. The van der Waals surface area contributed by atoms with Gasteiger partial charge in [-0.25, -0.2) is 9.89 Å². The van der Waals surface area contributed by atoms with Gasteiger partial charge in [0, 0.05) is 11.4 Å². The van der Waals surface area contributed by atoms with Crippen molar-refractivity contribution in [2.75, 3.05) is 14.2 Å². The van der Waals surface area contributed by atoms with Crippen LogP contribution in [0.25, 0.3) is 0 Å². The van der Waals surface area contributed by atoms with Crippen LogP contribution >= 0.6 is 11.6 Å². The van der Waals surface area contributed by atoms with Gasteiger partial charge in [0.1, 0.15) is 0 Å². The Kier molecular flexibility index (Phi) is 5.38. The number of hydrogen-bond acceptors (Lipinski definition) is 5. The predicted molar refractivity (Wildman–Crippen MR) is 99.6 cm³/mol. The number of nitrogens with one attached hydrogen (secondary N) is 1. The number of methoxy groups -OCH3 is 2. The highest BCUT2D eigenvalue weighted by Gasteiger charge is 2.10. The second kappa shape index (κ2) is 7.88. The summed E-state index contributed by atoms with van der Waals surface area (Å²) < 4.78 is 11.7. The molecule has 0 bridgehead atoms. The molecular weight excluding hydrogens is 356 g/mol. The topological polar surface area (TPSA) is 81.5 Å². The molecule has 0 spiro atoms. The van der Waals surface area contributed by atoms with Crippen molar-refractivity contribution in [3.63, 3.8) is 0 Å². The van der Waals surface area contributed by atoms with Crippen LogP contribution in [0.2, 0.25) is 5.02 Å². The van der Waals surface area contributed by atoms with Crippen LogP contribution in [0.4, 0.5) is 0 Å². The van der Waals surface area contributed by atoms with Gasteiger partial charge in [0.25, 0.3) is 0 Å². The lowest BCUT2D eigenvalue weighted by Gasteiger charge is -2.07. The molecule has 0 unspecified atom stereocenters. The third-order valence-corrected chi connectivity index (χ3v) is 4.12. The van der Waals surface area contributed by atoms with Gasteiger partial charge in [0.15, 0.2) is 17.3 Å². The standard InChI is InChI=1S/C18H17ClN4O3/c1-25-15-8-7-12(9-16(15)26-2)11-20-23-17(21-22-18(23)24)10-13-5-3-4-6-14(13)19/h3-9,11H,10H2,1-2H3,(H,22,24)/b20-11+. The molecule has 0 saturated heterocycles. The Hall–Kier alpha value is -3.06. The van der Waals surface area contributed by atoms with Crippen molar-refractivity contribution >= 4 is 17.8 Å². The van der Waals surface area contributed by atoms with E-state index in [0.29, 0.717) is 28.8 Å². The molecule has 0 fully saturated rings. The lowest BCUT2D eigenvalue weighted by atomic mass is 10.1. The van der Waals surface area contributed by atoms with Gasteiger partial charge in [0.05, 0.1) is 20.4 Å². The van der Waals surface area contributed by atoms with Crippen molar-refractivity contribution in [3.05, 3.63) is 74.9 Å². The zero-order valence-corrected chi connectivity index (χ0v) is 15.0. The molecule has 8 heteroatoms. The number of rotatable bonds is 6. The Bertz CT molecular complexity index is 994. The highest BCUT2D eigenvalue weighted by molar-refractivity contribution is 6.31. The molecule has 1 heterocycles. The zero-order valence-electron chi connectivity index (χ0n) is 14.3. The first-order valence-corrected chi connectivity index (χ1v) is 8.16. The van der Waals surface area contributed by atoms with Crippen LogP contribution in [0, 0.1) is 0 Å². The number of benzene rings is 2. The predicted octanol–water partition coefficient (Wildman–Crippen LogP) is 2.72. The molecule has 0 aliphatic rings. The first kappa shape index (κ1) is 17.8. The Labute approximate surface area is 154 Å². The molecule has 3 aromatic rings. The Balaban J connectivity index is 1.89. The summed E-state index contributed by atoms with van der Waals surface area (Å²) in [6.07, 6.45) is 1.93. The number of aromatic nitrogens is 3. The molecule has 0 radical (unpaired) electrons. The number of ether oxygens (including phenoxy) is 2. The molecule has 1 aromatic heterocycles. The minimum absolute atomic E-state index is 0.377. The number of aromatic amines is 1. The molecule has 2 aromatic carbocycles.